The first-order valence-corrected chi connectivity index (χ1v) is 5.93. The second-order valence-corrected chi connectivity index (χ2v) is 4.38. The van der Waals surface area contributed by atoms with Crippen LogP contribution in [0.4, 0.5) is 0 Å². The van der Waals surface area contributed by atoms with Crippen LogP contribution in [0, 0.1) is 13.8 Å². The second-order valence-electron chi connectivity index (χ2n) is 4.38. The first kappa shape index (κ1) is 13.0. The van der Waals surface area contributed by atoms with E-state index in [1.807, 2.05) is 44.2 Å². The molecule has 98 valence electrons. The first-order valence-electron chi connectivity index (χ1n) is 5.93. The van der Waals surface area contributed by atoms with E-state index in [1.165, 1.54) is 0 Å². The van der Waals surface area contributed by atoms with Crippen molar-refractivity contribution in [3.63, 3.8) is 0 Å². The Morgan fingerprint density at radius 2 is 1.84 bits per heavy atom. The molecular formula is C15H16N2O2. The number of rotatable bonds is 3. The lowest BCUT2D eigenvalue weighted by molar-refractivity contribution is 0.318. The van der Waals surface area contributed by atoms with Crippen LogP contribution in [-0.2, 0) is 0 Å². The summed E-state index contributed by atoms with van der Waals surface area (Å²) in [5, 5.41) is 11.7. The Bertz CT molecular complexity index is 621. The fourth-order valence-corrected chi connectivity index (χ4v) is 1.86. The number of amidine groups is 1. The summed E-state index contributed by atoms with van der Waals surface area (Å²) in [5.74, 6) is 1.60. The number of aryl methyl sites for hydroxylation is 2. The highest BCUT2D eigenvalue weighted by Crippen LogP contribution is 2.24. The summed E-state index contributed by atoms with van der Waals surface area (Å²) in [7, 11) is 0. The van der Waals surface area contributed by atoms with Crippen LogP contribution >= 0.6 is 0 Å². The molecule has 0 aromatic heterocycles. The van der Waals surface area contributed by atoms with Crippen LogP contribution in [0.15, 0.2) is 47.6 Å². The number of hydrogen-bond donors (Lipinski definition) is 2. The van der Waals surface area contributed by atoms with Gasteiger partial charge in [-0.3, -0.25) is 0 Å². The maximum absolute atomic E-state index is 8.68. The van der Waals surface area contributed by atoms with Gasteiger partial charge in [0.15, 0.2) is 5.84 Å². The van der Waals surface area contributed by atoms with Gasteiger partial charge < -0.3 is 15.7 Å². The number of nitrogens with zero attached hydrogens (tertiary/aromatic N) is 1. The van der Waals surface area contributed by atoms with Crippen molar-refractivity contribution in [2.45, 2.75) is 13.8 Å². The molecule has 0 heterocycles. The monoisotopic (exact) mass is 256 g/mol. The lowest BCUT2D eigenvalue weighted by atomic mass is 10.1. The van der Waals surface area contributed by atoms with E-state index in [0.717, 1.165) is 22.6 Å². The third kappa shape index (κ3) is 3.04. The molecule has 4 nitrogen and oxygen atoms in total. The highest BCUT2D eigenvalue weighted by atomic mass is 16.5. The van der Waals surface area contributed by atoms with E-state index in [-0.39, 0.29) is 5.84 Å². The molecule has 0 aliphatic rings. The molecular weight excluding hydrogens is 240 g/mol. The zero-order valence-electron chi connectivity index (χ0n) is 10.9. The average molecular weight is 256 g/mol. The first-order chi connectivity index (χ1) is 9.10. The van der Waals surface area contributed by atoms with Crippen molar-refractivity contribution in [2.75, 3.05) is 0 Å². The molecule has 2 rings (SSSR count). The number of hydrogen-bond acceptors (Lipinski definition) is 3. The van der Waals surface area contributed by atoms with Gasteiger partial charge >= 0.3 is 0 Å². The molecule has 0 spiro atoms. The predicted octanol–water partition coefficient (Wildman–Crippen LogP) is 3.19. The van der Waals surface area contributed by atoms with E-state index in [4.69, 9.17) is 15.7 Å². The van der Waals surface area contributed by atoms with Crippen molar-refractivity contribution in [3.05, 3.63) is 59.2 Å². The summed E-state index contributed by atoms with van der Waals surface area (Å²) in [4.78, 5) is 0. The number of benzene rings is 2. The van der Waals surface area contributed by atoms with Crippen LogP contribution in [0.1, 0.15) is 16.7 Å². The summed E-state index contributed by atoms with van der Waals surface area (Å²) in [6, 6.07) is 13.3. The maximum atomic E-state index is 8.68. The van der Waals surface area contributed by atoms with Crippen LogP contribution in [0.3, 0.4) is 0 Å². The van der Waals surface area contributed by atoms with Gasteiger partial charge in [-0.25, -0.2) is 0 Å². The largest absolute Gasteiger partial charge is 0.457 e. The van der Waals surface area contributed by atoms with E-state index in [0.29, 0.717) is 5.56 Å². The van der Waals surface area contributed by atoms with Crippen molar-refractivity contribution < 1.29 is 9.94 Å². The van der Waals surface area contributed by atoms with Gasteiger partial charge in [0, 0.05) is 5.56 Å². The van der Waals surface area contributed by atoms with Crippen LogP contribution in [0.2, 0.25) is 0 Å². The van der Waals surface area contributed by atoms with Crippen LogP contribution in [0.5, 0.6) is 11.5 Å². The zero-order valence-corrected chi connectivity index (χ0v) is 10.9. The van der Waals surface area contributed by atoms with Crippen LogP contribution < -0.4 is 10.5 Å². The number of ether oxygens (including phenoxy) is 1. The molecule has 2 aromatic rings. The van der Waals surface area contributed by atoms with Crippen molar-refractivity contribution in [2.24, 2.45) is 10.9 Å². The zero-order chi connectivity index (χ0) is 13.8. The molecule has 0 fully saturated rings. The van der Waals surface area contributed by atoms with Gasteiger partial charge in [-0.1, -0.05) is 17.3 Å². The third-order valence-electron chi connectivity index (χ3n) is 2.81. The van der Waals surface area contributed by atoms with E-state index in [2.05, 4.69) is 5.16 Å². The molecule has 0 amide bonds. The second kappa shape index (κ2) is 5.44. The van der Waals surface area contributed by atoms with Gasteiger partial charge in [-0.2, -0.15) is 0 Å². The Hall–Kier alpha value is -2.49. The lowest BCUT2D eigenvalue weighted by Crippen LogP contribution is -2.14. The molecule has 0 unspecified atom stereocenters. The standard InChI is InChI=1S/C15H16N2O2/c1-10-4-3-5-12(8-10)19-13-6-7-14(11(2)9-13)15(16)17-18/h3-9,18H,1-2H3,(H2,16,17). The molecule has 2 aromatic carbocycles. The average Bonchev–Trinajstić information content (AvgIpc) is 2.38. The molecule has 0 aliphatic heterocycles. The van der Waals surface area contributed by atoms with E-state index < -0.39 is 0 Å². The highest BCUT2D eigenvalue weighted by molar-refractivity contribution is 5.98. The Morgan fingerprint density at radius 1 is 1.11 bits per heavy atom. The molecule has 0 saturated carbocycles. The molecule has 4 heteroatoms. The topological polar surface area (TPSA) is 67.8 Å². The SMILES string of the molecule is Cc1cccc(Oc2ccc(/C(N)=N/O)c(C)c2)c1. The fourth-order valence-electron chi connectivity index (χ4n) is 1.86. The van der Waals surface area contributed by atoms with Gasteiger partial charge in [0.2, 0.25) is 0 Å². The van der Waals surface area contributed by atoms with Gasteiger partial charge in [0.05, 0.1) is 0 Å². The summed E-state index contributed by atoms with van der Waals surface area (Å²) in [5.41, 5.74) is 8.30. The van der Waals surface area contributed by atoms with Gasteiger partial charge in [0.1, 0.15) is 11.5 Å². The Kier molecular flexibility index (Phi) is 3.71. The molecule has 0 saturated heterocycles. The summed E-state index contributed by atoms with van der Waals surface area (Å²) < 4.78 is 5.77. The van der Waals surface area contributed by atoms with Crippen molar-refractivity contribution in [1.82, 2.24) is 0 Å². The maximum Gasteiger partial charge on any atom is 0.170 e. The van der Waals surface area contributed by atoms with Gasteiger partial charge in [-0.15, -0.1) is 0 Å². The summed E-state index contributed by atoms with van der Waals surface area (Å²) in [6.07, 6.45) is 0. The summed E-state index contributed by atoms with van der Waals surface area (Å²) in [6.45, 7) is 3.90. The minimum Gasteiger partial charge on any atom is -0.457 e. The van der Waals surface area contributed by atoms with E-state index >= 15 is 0 Å². The van der Waals surface area contributed by atoms with Gasteiger partial charge in [-0.05, 0) is 55.3 Å². The van der Waals surface area contributed by atoms with Crippen molar-refractivity contribution in [3.8, 4) is 11.5 Å². The Morgan fingerprint density at radius 3 is 2.47 bits per heavy atom. The summed E-state index contributed by atoms with van der Waals surface area (Å²) >= 11 is 0. The minimum absolute atomic E-state index is 0.0969. The minimum atomic E-state index is 0.0969. The molecule has 0 aliphatic carbocycles. The highest BCUT2D eigenvalue weighted by Gasteiger charge is 2.06. The molecule has 19 heavy (non-hydrogen) atoms. The van der Waals surface area contributed by atoms with Gasteiger partial charge in [0.25, 0.3) is 0 Å². The van der Waals surface area contributed by atoms with E-state index in [1.54, 1.807) is 12.1 Å². The third-order valence-corrected chi connectivity index (χ3v) is 2.81. The van der Waals surface area contributed by atoms with E-state index in [9.17, 15) is 0 Å². The fraction of sp³-hybridized carbons (Fsp3) is 0.133. The quantitative estimate of drug-likeness (QED) is 0.383. The van der Waals surface area contributed by atoms with Crippen LogP contribution in [-0.4, -0.2) is 11.0 Å². The predicted molar refractivity (Wildman–Crippen MR) is 74.9 cm³/mol. The molecule has 0 radical (unpaired) electrons. The molecule has 3 N–H and O–H groups in total. The Labute approximate surface area is 112 Å². The van der Waals surface area contributed by atoms with Crippen LogP contribution in [0.25, 0.3) is 0 Å². The lowest BCUT2D eigenvalue weighted by Gasteiger charge is -2.09. The number of nitrogens with two attached hydrogens (primary N) is 1. The van der Waals surface area contributed by atoms with Crippen molar-refractivity contribution >= 4 is 5.84 Å². The molecule has 0 atom stereocenters. The molecule has 0 bridgehead atoms. The number of oxime groups is 1. The Balaban J connectivity index is 2.26. The smallest absolute Gasteiger partial charge is 0.170 e. The normalized spacial score (nSPS) is 11.4. The van der Waals surface area contributed by atoms with Crippen molar-refractivity contribution in [1.29, 1.82) is 0 Å².